The minimum absolute atomic E-state index is 0.0239. The van der Waals surface area contributed by atoms with E-state index < -0.39 is 12.7 Å². The Morgan fingerprint density at radius 3 is 2.20 bits per heavy atom. The molecule has 2 fully saturated rings. The second-order valence-corrected chi connectivity index (χ2v) is 6.69. The monoisotopic (exact) mass is 356 g/mol. The molecule has 1 aromatic heterocycles. The molecule has 2 aliphatic heterocycles. The highest BCUT2D eigenvalue weighted by Gasteiger charge is 2.34. The van der Waals surface area contributed by atoms with Crippen molar-refractivity contribution < 1.29 is 18.0 Å². The van der Waals surface area contributed by atoms with Crippen LogP contribution in [0.25, 0.3) is 0 Å². The number of pyridine rings is 1. The Bertz CT molecular complexity index is 565. The Morgan fingerprint density at radius 1 is 1.04 bits per heavy atom. The molecule has 0 atom stereocenters. The zero-order chi connectivity index (χ0) is 17.9. The quantitative estimate of drug-likeness (QED) is 0.829. The van der Waals surface area contributed by atoms with Crippen LogP contribution in [0.15, 0.2) is 24.5 Å². The molecule has 1 amide bonds. The van der Waals surface area contributed by atoms with Gasteiger partial charge in [-0.25, -0.2) is 0 Å². The van der Waals surface area contributed by atoms with Crippen molar-refractivity contribution in [1.82, 2.24) is 19.7 Å². The van der Waals surface area contributed by atoms with Gasteiger partial charge in [0, 0.05) is 63.3 Å². The first kappa shape index (κ1) is 18.1. The van der Waals surface area contributed by atoms with Gasteiger partial charge in [0.05, 0.1) is 6.54 Å². The van der Waals surface area contributed by atoms with Crippen molar-refractivity contribution in [3.63, 3.8) is 0 Å². The SMILES string of the molecule is O=C(c1ccncc1)N1CCC(N2CCN(CC(F)(F)F)CC2)CC1. The molecule has 2 aliphatic rings. The maximum atomic E-state index is 12.5. The van der Waals surface area contributed by atoms with Crippen LogP contribution in [-0.2, 0) is 0 Å². The number of alkyl halides is 3. The normalized spacial score (nSPS) is 21.5. The second-order valence-electron chi connectivity index (χ2n) is 6.69. The summed E-state index contributed by atoms with van der Waals surface area (Å²) in [6.07, 6.45) is 0.841. The van der Waals surface area contributed by atoms with Gasteiger partial charge in [-0.15, -0.1) is 0 Å². The van der Waals surface area contributed by atoms with Crippen LogP contribution >= 0.6 is 0 Å². The summed E-state index contributed by atoms with van der Waals surface area (Å²) >= 11 is 0. The smallest absolute Gasteiger partial charge is 0.339 e. The van der Waals surface area contributed by atoms with E-state index in [1.54, 1.807) is 24.5 Å². The van der Waals surface area contributed by atoms with Crippen molar-refractivity contribution in [2.75, 3.05) is 45.8 Å². The molecule has 0 spiro atoms. The first-order chi connectivity index (χ1) is 11.9. The summed E-state index contributed by atoms with van der Waals surface area (Å²) in [5, 5.41) is 0. The summed E-state index contributed by atoms with van der Waals surface area (Å²) < 4.78 is 37.4. The first-order valence-electron chi connectivity index (χ1n) is 8.65. The molecule has 25 heavy (non-hydrogen) atoms. The average molecular weight is 356 g/mol. The number of piperidine rings is 1. The zero-order valence-electron chi connectivity index (χ0n) is 14.1. The van der Waals surface area contributed by atoms with Crippen molar-refractivity contribution in [3.8, 4) is 0 Å². The Kier molecular flexibility index (Phi) is 5.58. The van der Waals surface area contributed by atoms with Crippen LogP contribution < -0.4 is 0 Å². The molecule has 0 unspecified atom stereocenters. The van der Waals surface area contributed by atoms with E-state index in [0.29, 0.717) is 50.9 Å². The number of rotatable bonds is 3. The molecule has 0 saturated carbocycles. The number of piperazine rings is 1. The van der Waals surface area contributed by atoms with Gasteiger partial charge in [0.15, 0.2) is 0 Å². The molecule has 0 radical (unpaired) electrons. The lowest BCUT2D eigenvalue weighted by atomic mass is 10.0. The van der Waals surface area contributed by atoms with Crippen LogP contribution in [0.1, 0.15) is 23.2 Å². The zero-order valence-corrected chi connectivity index (χ0v) is 14.1. The van der Waals surface area contributed by atoms with Crippen LogP contribution in [0, 0.1) is 0 Å². The number of likely N-dealkylation sites (tertiary alicyclic amines) is 1. The summed E-state index contributed by atoms with van der Waals surface area (Å²) in [7, 11) is 0. The predicted octanol–water partition coefficient (Wildman–Crippen LogP) is 1.87. The number of amides is 1. The lowest BCUT2D eigenvalue weighted by Crippen LogP contribution is -2.54. The fourth-order valence-electron chi connectivity index (χ4n) is 3.65. The van der Waals surface area contributed by atoms with Gasteiger partial charge in [-0.05, 0) is 25.0 Å². The fourth-order valence-corrected chi connectivity index (χ4v) is 3.65. The van der Waals surface area contributed by atoms with Crippen LogP contribution in [-0.4, -0.2) is 83.6 Å². The maximum Gasteiger partial charge on any atom is 0.401 e. The summed E-state index contributed by atoms with van der Waals surface area (Å²) in [4.78, 5) is 22.0. The van der Waals surface area contributed by atoms with E-state index in [1.807, 2.05) is 4.90 Å². The van der Waals surface area contributed by atoms with Crippen molar-refractivity contribution in [2.24, 2.45) is 0 Å². The van der Waals surface area contributed by atoms with Crippen molar-refractivity contribution in [2.45, 2.75) is 25.1 Å². The first-order valence-corrected chi connectivity index (χ1v) is 8.65. The van der Waals surface area contributed by atoms with Crippen LogP contribution in [0.4, 0.5) is 13.2 Å². The van der Waals surface area contributed by atoms with Gasteiger partial charge in [0.2, 0.25) is 0 Å². The van der Waals surface area contributed by atoms with Gasteiger partial charge in [0.1, 0.15) is 0 Å². The summed E-state index contributed by atoms with van der Waals surface area (Å²) in [5.74, 6) is 0.0239. The molecule has 0 N–H and O–H groups in total. The average Bonchev–Trinajstić information content (AvgIpc) is 2.61. The summed E-state index contributed by atoms with van der Waals surface area (Å²) in [5.41, 5.74) is 0.647. The molecule has 0 aromatic carbocycles. The van der Waals surface area contributed by atoms with Gasteiger partial charge < -0.3 is 4.90 Å². The van der Waals surface area contributed by atoms with E-state index in [9.17, 15) is 18.0 Å². The van der Waals surface area contributed by atoms with E-state index in [2.05, 4.69) is 9.88 Å². The van der Waals surface area contributed by atoms with Crippen molar-refractivity contribution >= 4 is 5.91 Å². The van der Waals surface area contributed by atoms with E-state index in [0.717, 1.165) is 12.8 Å². The van der Waals surface area contributed by atoms with E-state index in [4.69, 9.17) is 0 Å². The predicted molar refractivity (Wildman–Crippen MR) is 87.2 cm³/mol. The number of halogens is 3. The number of hydrogen-bond donors (Lipinski definition) is 0. The Balaban J connectivity index is 1.45. The summed E-state index contributed by atoms with van der Waals surface area (Å²) in [6, 6.07) is 3.79. The van der Waals surface area contributed by atoms with E-state index in [-0.39, 0.29) is 5.91 Å². The molecule has 3 heterocycles. The van der Waals surface area contributed by atoms with Gasteiger partial charge >= 0.3 is 6.18 Å². The number of aromatic nitrogens is 1. The van der Waals surface area contributed by atoms with Gasteiger partial charge in [-0.3, -0.25) is 19.6 Å². The van der Waals surface area contributed by atoms with Crippen LogP contribution in [0.3, 0.4) is 0 Å². The molecule has 0 bridgehead atoms. The molecule has 8 heteroatoms. The van der Waals surface area contributed by atoms with Gasteiger partial charge in [-0.1, -0.05) is 0 Å². The number of nitrogens with zero attached hydrogens (tertiary/aromatic N) is 4. The van der Waals surface area contributed by atoms with Gasteiger partial charge in [0.25, 0.3) is 5.91 Å². The van der Waals surface area contributed by atoms with Crippen molar-refractivity contribution in [3.05, 3.63) is 30.1 Å². The molecular formula is C17H23F3N4O. The Hall–Kier alpha value is -1.67. The van der Waals surface area contributed by atoms with Gasteiger partial charge in [-0.2, -0.15) is 13.2 Å². The minimum atomic E-state index is -4.12. The topological polar surface area (TPSA) is 39.7 Å². The molecule has 2 saturated heterocycles. The van der Waals surface area contributed by atoms with Crippen LogP contribution in [0.2, 0.25) is 0 Å². The largest absolute Gasteiger partial charge is 0.401 e. The van der Waals surface area contributed by atoms with E-state index >= 15 is 0 Å². The number of hydrogen-bond acceptors (Lipinski definition) is 4. The Labute approximate surface area is 145 Å². The third-order valence-electron chi connectivity index (χ3n) is 5.01. The highest BCUT2D eigenvalue weighted by molar-refractivity contribution is 5.94. The lowest BCUT2D eigenvalue weighted by Gasteiger charge is -2.42. The fraction of sp³-hybridized carbons (Fsp3) is 0.647. The lowest BCUT2D eigenvalue weighted by molar-refractivity contribution is -0.150. The number of carbonyl (C=O) groups excluding carboxylic acids is 1. The standard InChI is InChI=1S/C17H23F3N4O/c18-17(19,20)13-22-9-11-23(12-10-22)15-3-7-24(8-4-15)16(25)14-1-5-21-6-2-14/h1-2,5-6,15H,3-4,7-13H2. The third kappa shape index (κ3) is 4.92. The Morgan fingerprint density at radius 2 is 1.64 bits per heavy atom. The minimum Gasteiger partial charge on any atom is -0.339 e. The van der Waals surface area contributed by atoms with Crippen LogP contribution in [0.5, 0.6) is 0 Å². The number of carbonyl (C=O) groups is 1. The van der Waals surface area contributed by atoms with Crippen molar-refractivity contribution in [1.29, 1.82) is 0 Å². The second kappa shape index (κ2) is 7.70. The van der Waals surface area contributed by atoms with E-state index in [1.165, 1.54) is 4.90 Å². The molecule has 1 aromatic rings. The highest BCUT2D eigenvalue weighted by Crippen LogP contribution is 2.22. The summed E-state index contributed by atoms with van der Waals surface area (Å²) in [6.45, 7) is 2.80. The molecule has 0 aliphatic carbocycles. The maximum absolute atomic E-state index is 12.5. The molecular weight excluding hydrogens is 333 g/mol. The molecule has 138 valence electrons. The highest BCUT2D eigenvalue weighted by atomic mass is 19.4. The third-order valence-corrected chi connectivity index (χ3v) is 5.01. The molecule has 5 nitrogen and oxygen atoms in total. The molecule has 3 rings (SSSR count).